The monoisotopic (exact) mass is 1430 g/mol. The Bertz CT molecular complexity index is 6750. The summed E-state index contributed by atoms with van der Waals surface area (Å²) in [4.78, 5) is 14.6. The molecule has 21 aromatic rings. The van der Waals surface area contributed by atoms with Crippen molar-refractivity contribution in [3.8, 4) is 77.5 Å². The highest BCUT2D eigenvalue weighted by Crippen LogP contribution is 2.63. The van der Waals surface area contributed by atoms with Crippen LogP contribution in [0.5, 0.6) is 23.0 Å². The molecule has 518 valence electrons. The highest BCUT2D eigenvalue weighted by atomic mass is 32.1. The van der Waals surface area contributed by atoms with Gasteiger partial charge in [-0.15, -0.1) is 11.3 Å². The van der Waals surface area contributed by atoms with Gasteiger partial charge in [0.05, 0.1) is 53.7 Å². The molecule has 0 amide bonds. The lowest BCUT2D eigenvalue weighted by Crippen LogP contribution is -2.28. The van der Waals surface area contributed by atoms with Crippen LogP contribution in [-0.4, -0.2) is 19.1 Å². The molecule has 0 aliphatic heterocycles. The first kappa shape index (κ1) is 62.9. The Kier molecular flexibility index (Phi) is 14.0. The van der Waals surface area contributed by atoms with Crippen molar-refractivity contribution in [2.24, 2.45) is 0 Å². The third-order valence-electron chi connectivity index (χ3n) is 23.6. The lowest BCUT2D eigenvalue weighted by atomic mass is 9.67. The number of nitrogens with zero attached hydrogens (tertiary/aromatic N) is 4. The van der Waals surface area contributed by atoms with Crippen molar-refractivity contribution in [1.29, 1.82) is 0 Å². The molecule has 2 aliphatic carbocycles. The molecule has 0 N–H and O–H groups in total. The minimum Gasteiger partial charge on any atom is -0.457 e. The van der Waals surface area contributed by atoms with Crippen molar-refractivity contribution < 1.29 is 9.47 Å². The summed E-state index contributed by atoms with van der Waals surface area (Å²) in [5, 5.41) is 8.73. The highest BCUT2D eigenvalue weighted by Gasteiger charge is 2.49. The number of hydrogen-bond acceptors (Lipinski definition) is 5. The van der Waals surface area contributed by atoms with Gasteiger partial charge in [0.2, 0.25) is 0 Å². The molecule has 0 fully saturated rings. The van der Waals surface area contributed by atoms with E-state index in [-0.39, 0.29) is 0 Å². The van der Waals surface area contributed by atoms with Crippen molar-refractivity contribution >= 4 is 98.6 Å². The van der Waals surface area contributed by atoms with Crippen LogP contribution in [0.25, 0.3) is 142 Å². The Hall–Kier alpha value is -14.2. The van der Waals surface area contributed by atoms with Gasteiger partial charge in [-0.2, -0.15) is 0 Å². The van der Waals surface area contributed by atoms with Crippen molar-refractivity contribution in [2.75, 3.05) is 0 Å². The average molecular weight is 1430 g/mol. The molecule has 4 aromatic heterocycles. The van der Waals surface area contributed by atoms with Crippen molar-refractivity contribution in [1.82, 2.24) is 19.1 Å². The summed E-state index contributed by atoms with van der Waals surface area (Å²) in [6.07, 6.45) is 0. The predicted molar refractivity (Wildman–Crippen MR) is 457 cm³/mol. The lowest BCUT2D eigenvalue weighted by Gasteiger charge is -2.34. The van der Waals surface area contributed by atoms with Crippen LogP contribution < -0.4 is 9.47 Å². The zero-order valence-corrected chi connectivity index (χ0v) is 60.8. The summed E-state index contributed by atoms with van der Waals surface area (Å²) >= 11 is 1.80. The van der Waals surface area contributed by atoms with E-state index in [0.717, 1.165) is 97.9 Å². The van der Waals surface area contributed by atoms with Crippen molar-refractivity contribution in [3.05, 3.63) is 433 Å². The molecule has 6 nitrogen and oxygen atoms in total. The first-order valence-corrected chi connectivity index (χ1v) is 38.7. The Balaban J connectivity index is 0.772. The molecule has 111 heavy (non-hydrogen) atoms. The maximum absolute atomic E-state index is 7.05. The van der Waals surface area contributed by atoms with Crippen LogP contribution in [0.4, 0.5) is 0 Å². The fraction of sp³-hybridized carbons (Fsp3) is 0.0192. The van der Waals surface area contributed by atoms with E-state index in [1.54, 1.807) is 11.3 Å². The number of thiophene rings is 1. The molecule has 0 atom stereocenters. The van der Waals surface area contributed by atoms with E-state index in [1.807, 2.05) is 0 Å². The molecule has 7 heteroatoms. The zero-order valence-electron chi connectivity index (χ0n) is 60.0. The largest absolute Gasteiger partial charge is 0.457 e. The number of benzene rings is 17. The summed E-state index contributed by atoms with van der Waals surface area (Å²) in [6.45, 7) is 0. The summed E-state index contributed by atoms with van der Waals surface area (Å²) < 4.78 is 18.8. The van der Waals surface area contributed by atoms with Gasteiger partial charge in [0.25, 0.3) is 0 Å². The van der Waals surface area contributed by atoms with E-state index in [9.17, 15) is 0 Å². The molecule has 0 radical (unpaired) electrons. The first-order chi connectivity index (χ1) is 55.1. The Morgan fingerprint density at radius 1 is 0.225 bits per heavy atom. The van der Waals surface area contributed by atoms with E-state index in [0.29, 0.717) is 23.0 Å². The Labute approximate surface area is 643 Å². The van der Waals surface area contributed by atoms with Gasteiger partial charge in [0.15, 0.2) is 0 Å². The van der Waals surface area contributed by atoms with Gasteiger partial charge in [-0.3, -0.25) is 0 Å². The minimum atomic E-state index is -0.647. The summed E-state index contributed by atoms with van der Waals surface area (Å²) in [6, 6.07) is 141. The van der Waals surface area contributed by atoms with Crippen molar-refractivity contribution in [2.45, 2.75) is 10.8 Å². The molecule has 0 spiro atoms. The molecule has 23 rings (SSSR count). The smallest absolute Gasteiger partial charge is 0.128 e. The van der Waals surface area contributed by atoms with Crippen LogP contribution in [0.1, 0.15) is 44.5 Å². The standard InChI is InChI=1S/C104H64N4O2S/c1-5-27-65(28-6-1)103(66-29-7-2-8-30-66)87-43-19-13-39-81(87)95-83(41-25-45-89(95)103)101-99-100(102(111-101)84-42-26-46-90-96(84)82-40-14-20-44-88(82)104(90,67-31-9-3-10-32-67)68-33-11-4-12-34-68)106-98-86-64-74(110-72-57-53-70(54-58-72)108-93-49-23-17-37-79(93)80-38-18-24-50-94(80)108)60-62-76(86)75-61-59-73(63-85(75)97(98)105-99)109-71-55-51-69(52-56-71)107-91-47-21-15-35-77(91)78-36-16-22-48-92(78)107/h1-64H. The van der Waals surface area contributed by atoms with E-state index in [4.69, 9.17) is 19.4 Å². The Morgan fingerprint density at radius 3 is 0.883 bits per heavy atom. The van der Waals surface area contributed by atoms with Gasteiger partial charge in [0, 0.05) is 54.8 Å². The average Bonchev–Trinajstić information content (AvgIpc) is 1.65. The van der Waals surface area contributed by atoms with Crippen LogP contribution in [0.3, 0.4) is 0 Å². The molecular formula is C104H64N4O2S. The second-order valence-corrected chi connectivity index (χ2v) is 30.3. The molecule has 2 aliphatic rings. The summed E-state index contributed by atoms with van der Waals surface area (Å²) in [5.41, 5.74) is 25.2. The third-order valence-corrected chi connectivity index (χ3v) is 24.8. The van der Waals surface area contributed by atoms with Gasteiger partial charge in [-0.05, 0) is 187 Å². The topological polar surface area (TPSA) is 54.1 Å². The Morgan fingerprint density at radius 2 is 0.523 bits per heavy atom. The number of hydrogen-bond donors (Lipinski definition) is 0. The molecule has 17 aromatic carbocycles. The van der Waals surface area contributed by atoms with E-state index >= 15 is 0 Å². The third kappa shape index (κ3) is 9.24. The lowest BCUT2D eigenvalue weighted by molar-refractivity contribution is 0.483. The van der Waals surface area contributed by atoms with Crippen LogP contribution >= 0.6 is 11.3 Å². The number of aromatic nitrogens is 4. The quantitative estimate of drug-likeness (QED) is 0.114. The highest BCUT2D eigenvalue weighted by molar-refractivity contribution is 7.21. The van der Waals surface area contributed by atoms with Crippen LogP contribution in [-0.2, 0) is 10.8 Å². The summed E-state index contributed by atoms with van der Waals surface area (Å²) in [5.74, 6) is 2.79. The molecular weight excluding hydrogens is 1370 g/mol. The van der Waals surface area contributed by atoms with Gasteiger partial charge in [-0.25, -0.2) is 9.97 Å². The van der Waals surface area contributed by atoms with Gasteiger partial charge < -0.3 is 18.6 Å². The van der Waals surface area contributed by atoms with Crippen molar-refractivity contribution in [3.63, 3.8) is 0 Å². The van der Waals surface area contributed by atoms with Gasteiger partial charge >= 0.3 is 0 Å². The molecule has 4 heterocycles. The number of fused-ring (bicyclic) bond motifs is 19. The SMILES string of the molecule is c1ccc(C2(c3ccccc3)c3ccccc3-c3c(-c4sc(-c5cccc6c5-c5ccccc5C6(c5ccccc5)c5ccccc5)c5nc6c7cc(Oc8ccc(-n9c%10ccccc%10c%10ccccc%109)cc8)ccc7c7ccc(Oc8ccc(-n9c%10ccccc%10c%10ccccc%109)cc8)cc7c6nc45)cccc32)cc1. The molecule has 0 saturated heterocycles. The fourth-order valence-electron chi connectivity index (χ4n) is 19.1. The van der Waals surface area contributed by atoms with E-state index in [2.05, 4.69) is 397 Å². The number of rotatable bonds is 12. The maximum atomic E-state index is 7.05. The number of ether oxygens (including phenoxy) is 2. The van der Waals surface area contributed by atoms with E-state index in [1.165, 1.54) is 88.3 Å². The van der Waals surface area contributed by atoms with Gasteiger partial charge in [-0.1, -0.05) is 279 Å². The van der Waals surface area contributed by atoms with Crippen LogP contribution in [0.2, 0.25) is 0 Å². The van der Waals surface area contributed by atoms with Crippen LogP contribution in [0, 0.1) is 0 Å². The molecule has 0 saturated carbocycles. The van der Waals surface area contributed by atoms with Gasteiger partial charge in [0.1, 0.15) is 34.0 Å². The second kappa shape index (κ2) is 24.7. The van der Waals surface area contributed by atoms with Crippen LogP contribution in [0.15, 0.2) is 388 Å². The molecule has 0 unspecified atom stereocenters. The fourth-order valence-corrected chi connectivity index (χ4v) is 20.3. The zero-order chi connectivity index (χ0) is 72.9. The first-order valence-electron chi connectivity index (χ1n) is 37.9. The normalized spacial score (nSPS) is 13.2. The predicted octanol–water partition coefficient (Wildman–Crippen LogP) is 27.0. The maximum Gasteiger partial charge on any atom is 0.128 e. The summed E-state index contributed by atoms with van der Waals surface area (Å²) in [7, 11) is 0. The number of para-hydroxylation sites is 4. The molecule has 0 bridgehead atoms. The van der Waals surface area contributed by atoms with E-state index < -0.39 is 10.8 Å². The second-order valence-electron chi connectivity index (χ2n) is 29.2. The minimum absolute atomic E-state index is 0.647.